The molecule has 0 heterocycles. The van der Waals surface area contributed by atoms with E-state index in [1.54, 1.807) is 18.2 Å². The normalized spacial score (nSPS) is 12.4. The van der Waals surface area contributed by atoms with Gasteiger partial charge in [0.2, 0.25) is 0 Å². The first-order valence-corrected chi connectivity index (χ1v) is 7.44. The number of nitrogens with two attached hydrogens (primary N) is 1. The van der Waals surface area contributed by atoms with Gasteiger partial charge in [-0.05, 0) is 47.9 Å². The zero-order valence-corrected chi connectivity index (χ0v) is 13.5. The van der Waals surface area contributed by atoms with E-state index in [1.165, 1.54) is 18.2 Å². The van der Waals surface area contributed by atoms with Crippen LogP contribution in [-0.2, 0) is 6.42 Å². The molecular weight excluding hydrogens is 394 g/mol. The van der Waals surface area contributed by atoms with Gasteiger partial charge >= 0.3 is 0 Å². The van der Waals surface area contributed by atoms with Crippen LogP contribution >= 0.6 is 31.9 Å². The van der Waals surface area contributed by atoms with E-state index < -0.39 is 0 Å². The summed E-state index contributed by atoms with van der Waals surface area (Å²) >= 11 is 6.44. The van der Waals surface area contributed by atoms with E-state index in [9.17, 15) is 8.78 Å². The van der Waals surface area contributed by atoms with Crippen molar-refractivity contribution in [2.24, 2.45) is 5.84 Å². The van der Waals surface area contributed by atoms with Crippen LogP contribution < -0.4 is 11.3 Å². The molecule has 0 aliphatic rings. The number of halogens is 4. The molecule has 20 heavy (non-hydrogen) atoms. The van der Waals surface area contributed by atoms with Gasteiger partial charge in [0.25, 0.3) is 0 Å². The summed E-state index contributed by atoms with van der Waals surface area (Å²) in [4.78, 5) is 0. The van der Waals surface area contributed by atoms with E-state index in [2.05, 4.69) is 37.3 Å². The number of hydrogen-bond donors (Lipinski definition) is 2. The quantitative estimate of drug-likeness (QED) is 0.589. The highest BCUT2D eigenvalue weighted by atomic mass is 79.9. The van der Waals surface area contributed by atoms with Crippen molar-refractivity contribution in [3.63, 3.8) is 0 Å². The van der Waals surface area contributed by atoms with Gasteiger partial charge in [0.15, 0.2) is 0 Å². The largest absolute Gasteiger partial charge is 0.271 e. The lowest BCUT2D eigenvalue weighted by Crippen LogP contribution is -2.30. The highest BCUT2D eigenvalue weighted by Crippen LogP contribution is 2.25. The molecule has 0 aromatic heterocycles. The van der Waals surface area contributed by atoms with Gasteiger partial charge in [-0.25, -0.2) is 8.78 Å². The second-order valence-corrected chi connectivity index (χ2v) is 6.19. The lowest BCUT2D eigenvalue weighted by molar-refractivity contribution is 0.524. The maximum Gasteiger partial charge on any atom is 0.127 e. The molecule has 1 unspecified atom stereocenters. The molecule has 2 aromatic carbocycles. The lowest BCUT2D eigenvalue weighted by atomic mass is 9.99. The first-order chi connectivity index (χ1) is 9.49. The molecular formula is C14H12Br2F2N2. The first-order valence-electron chi connectivity index (χ1n) is 5.85. The molecule has 0 saturated heterocycles. The average Bonchev–Trinajstić information content (AvgIpc) is 2.36. The van der Waals surface area contributed by atoms with E-state index in [4.69, 9.17) is 5.84 Å². The van der Waals surface area contributed by atoms with Crippen LogP contribution in [0.15, 0.2) is 45.3 Å². The molecule has 2 nitrogen and oxygen atoms in total. The number of benzene rings is 2. The predicted octanol–water partition coefficient (Wildman–Crippen LogP) is 4.24. The third-order valence-electron chi connectivity index (χ3n) is 2.93. The van der Waals surface area contributed by atoms with Crippen LogP contribution in [0.5, 0.6) is 0 Å². The minimum atomic E-state index is -0.377. The molecule has 0 aliphatic heterocycles. The van der Waals surface area contributed by atoms with Crippen molar-refractivity contribution >= 4 is 31.9 Å². The van der Waals surface area contributed by atoms with Crippen LogP contribution in [0.3, 0.4) is 0 Å². The molecule has 0 amide bonds. The predicted molar refractivity (Wildman–Crippen MR) is 82.0 cm³/mol. The van der Waals surface area contributed by atoms with Crippen molar-refractivity contribution in [2.45, 2.75) is 12.5 Å². The number of hydrogen-bond acceptors (Lipinski definition) is 2. The molecule has 0 spiro atoms. The Morgan fingerprint density at radius 3 is 2.40 bits per heavy atom. The Hall–Kier alpha value is -0.820. The Labute approximate surface area is 132 Å². The van der Waals surface area contributed by atoms with E-state index in [1.807, 2.05) is 0 Å². The number of rotatable bonds is 4. The molecule has 0 bridgehead atoms. The molecule has 0 aliphatic carbocycles. The van der Waals surface area contributed by atoms with Gasteiger partial charge in [-0.2, -0.15) is 0 Å². The van der Waals surface area contributed by atoms with Gasteiger partial charge < -0.3 is 0 Å². The standard InChI is InChI=1S/C14H12Br2F2N2/c15-10-2-1-8(13(18)7-10)5-14(20-19)9-3-11(16)6-12(17)4-9/h1-4,6-7,14,20H,5,19H2. The van der Waals surface area contributed by atoms with E-state index in [-0.39, 0.29) is 17.7 Å². The van der Waals surface area contributed by atoms with E-state index in [0.717, 1.165) is 0 Å². The highest BCUT2D eigenvalue weighted by Gasteiger charge is 2.15. The third kappa shape index (κ3) is 3.85. The molecule has 2 rings (SSSR count). The Kier molecular flexibility index (Phi) is 5.26. The van der Waals surface area contributed by atoms with Crippen molar-refractivity contribution in [2.75, 3.05) is 0 Å². The Balaban J connectivity index is 2.28. The summed E-state index contributed by atoms with van der Waals surface area (Å²) in [5.41, 5.74) is 3.76. The summed E-state index contributed by atoms with van der Waals surface area (Å²) in [7, 11) is 0. The molecule has 0 radical (unpaired) electrons. The summed E-state index contributed by atoms with van der Waals surface area (Å²) in [6, 6.07) is 8.95. The number of nitrogens with one attached hydrogen (secondary N) is 1. The molecule has 0 fully saturated rings. The lowest BCUT2D eigenvalue weighted by Gasteiger charge is -2.17. The maximum atomic E-state index is 13.8. The minimum absolute atomic E-state index is 0.324. The summed E-state index contributed by atoms with van der Waals surface area (Å²) in [6.07, 6.45) is 0.325. The Morgan fingerprint density at radius 1 is 1.05 bits per heavy atom. The topological polar surface area (TPSA) is 38.0 Å². The molecule has 2 aromatic rings. The van der Waals surface area contributed by atoms with Gasteiger partial charge in [-0.15, -0.1) is 0 Å². The Morgan fingerprint density at radius 2 is 1.80 bits per heavy atom. The fourth-order valence-corrected chi connectivity index (χ4v) is 2.77. The summed E-state index contributed by atoms with van der Waals surface area (Å²) < 4.78 is 28.5. The summed E-state index contributed by atoms with van der Waals surface area (Å²) in [5, 5.41) is 0. The minimum Gasteiger partial charge on any atom is -0.271 e. The maximum absolute atomic E-state index is 13.8. The molecule has 106 valence electrons. The van der Waals surface area contributed by atoms with Gasteiger partial charge in [0, 0.05) is 8.95 Å². The van der Waals surface area contributed by atoms with Crippen LogP contribution in [0.2, 0.25) is 0 Å². The van der Waals surface area contributed by atoms with Crippen molar-refractivity contribution < 1.29 is 8.78 Å². The van der Waals surface area contributed by atoms with Crippen LogP contribution in [0.25, 0.3) is 0 Å². The van der Waals surface area contributed by atoms with Crippen molar-refractivity contribution in [3.8, 4) is 0 Å². The fourth-order valence-electron chi connectivity index (χ4n) is 1.96. The third-order valence-corrected chi connectivity index (χ3v) is 3.88. The summed E-state index contributed by atoms with van der Waals surface area (Å²) in [5.74, 6) is 4.82. The van der Waals surface area contributed by atoms with Crippen molar-refractivity contribution in [3.05, 3.63) is 68.1 Å². The second kappa shape index (κ2) is 6.76. The number of hydrazine groups is 1. The molecule has 0 saturated carbocycles. The Bertz CT molecular complexity index is 600. The smallest absolute Gasteiger partial charge is 0.127 e. The van der Waals surface area contributed by atoms with Crippen molar-refractivity contribution in [1.82, 2.24) is 5.43 Å². The van der Waals surface area contributed by atoms with Crippen LogP contribution in [0, 0.1) is 11.6 Å². The SMILES string of the molecule is NNC(Cc1ccc(Br)cc1F)c1cc(F)cc(Br)c1. The molecule has 3 N–H and O–H groups in total. The monoisotopic (exact) mass is 404 g/mol. The van der Waals surface area contributed by atoms with Gasteiger partial charge in [0.1, 0.15) is 11.6 Å². The van der Waals surface area contributed by atoms with Gasteiger partial charge in [-0.3, -0.25) is 11.3 Å². The zero-order valence-electron chi connectivity index (χ0n) is 10.3. The fraction of sp³-hybridized carbons (Fsp3) is 0.143. The van der Waals surface area contributed by atoms with E-state index in [0.29, 0.717) is 26.5 Å². The zero-order chi connectivity index (χ0) is 14.7. The van der Waals surface area contributed by atoms with Crippen LogP contribution in [0.4, 0.5) is 8.78 Å². The summed E-state index contributed by atoms with van der Waals surface area (Å²) in [6.45, 7) is 0. The second-order valence-electron chi connectivity index (χ2n) is 4.36. The van der Waals surface area contributed by atoms with Gasteiger partial charge in [0.05, 0.1) is 6.04 Å². The van der Waals surface area contributed by atoms with Crippen LogP contribution in [0.1, 0.15) is 17.2 Å². The van der Waals surface area contributed by atoms with E-state index >= 15 is 0 Å². The first kappa shape index (κ1) is 15.6. The highest BCUT2D eigenvalue weighted by molar-refractivity contribution is 9.10. The van der Waals surface area contributed by atoms with Gasteiger partial charge in [-0.1, -0.05) is 37.9 Å². The average molecular weight is 406 g/mol. The molecule has 6 heteroatoms. The molecule has 1 atom stereocenters. The van der Waals surface area contributed by atoms with Crippen LogP contribution in [-0.4, -0.2) is 0 Å². The van der Waals surface area contributed by atoms with Crippen molar-refractivity contribution in [1.29, 1.82) is 0 Å².